The lowest BCUT2D eigenvalue weighted by atomic mass is 10.1. The van der Waals surface area contributed by atoms with E-state index in [-0.39, 0.29) is 44.7 Å². The molecule has 0 radical (unpaired) electrons. The van der Waals surface area contributed by atoms with E-state index in [1.807, 2.05) is 13.0 Å². The molecular weight excluding hydrogens is 520 g/mol. The zero-order chi connectivity index (χ0) is 27.4. The first-order valence-electron chi connectivity index (χ1n) is 12.1. The summed E-state index contributed by atoms with van der Waals surface area (Å²) in [4.78, 5) is 54.3. The summed E-state index contributed by atoms with van der Waals surface area (Å²) >= 11 is 0. The number of unbranched alkanes of at least 4 members (excludes halogenated alkanes) is 1. The van der Waals surface area contributed by atoms with Crippen LogP contribution in [0.25, 0.3) is 0 Å². The van der Waals surface area contributed by atoms with E-state index in [0.717, 1.165) is 10.5 Å². The smallest absolute Gasteiger partial charge is 0.408 e. The summed E-state index contributed by atoms with van der Waals surface area (Å²) in [6.45, 7) is 2.26. The van der Waals surface area contributed by atoms with Crippen molar-refractivity contribution in [3.05, 3.63) is 35.9 Å². The van der Waals surface area contributed by atoms with Gasteiger partial charge in [-0.05, 0) is 12.0 Å². The minimum atomic E-state index is -1.36. The van der Waals surface area contributed by atoms with Crippen molar-refractivity contribution in [1.29, 1.82) is 5.41 Å². The zero-order valence-electron chi connectivity index (χ0n) is 21.6. The number of nitrogens with two attached hydrogens (primary N) is 1. The van der Waals surface area contributed by atoms with Crippen molar-refractivity contribution in [2.24, 2.45) is 5.73 Å². The average Bonchev–Trinajstić information content (AvgIpc) is 2.89. The molecule has 1 aromatic rings. The lowest BCUT2D eigenvalue weighted by molar-refractivity contribution is -0.152. The van der Waals surface area contributed by atoms with Crippen LogP contribution in [-0.4, -0.2) is 102 Å². The third-order valence-electron chi connectivity index (χ3n) is 5.82. The van der Waals surface area contributed by atoms with E-state index in [0.29, 0.717) is 19.4 Å². The van der Waals surface area contributed by atoms with Crippen molar-refractivity contribution >= 4 is 42.2 Å². The second-order valence-electron chi connectivity index (χ2n) is 8.63. The molecule has 1 aliphatic rings. The Morgan fingerprint density at radius 2 is 1.97 bits per heavy atom. The number of aliphatic carboxylic acids is 1. The molecule has 1 unspecified atom stereocenters. The maximum atomic E-state index is 13.3. The van der Waals surface area contributed by atoms with Gasteiger partial charge in [0.2, 0.25) is 11.8 Å². The van der Waals surface area contributed by atoms with E-state index in [2.05, 4.69) is 5.32 Å². The van der Waals surface area contributed by atoms with Gasteiger partial charge in [-0.15, -0.1) is 12.4 Å². The van der Waals surface area contributed by atoms with Crippen molar-refractivity contribution in [2.75, 3.05) is 39.8 Å². The van der Waals surface area contributed by atoms with Crippen LogP contribution in [0.3, 0.4) is 0 Å². The number of likely N-dealkylation sites (N-methyl/N-ethyl adjacent to an activating group) is 1. The molecule has 5 N–H and O–H groups in total. The van der Waals surface area contributed by atoms with Gasteiger partial charge in [-0.3, -0.25) is 19.8 Å². The van der Waals surface area contributed by atoms with Gasteiger partial charge < -0.3 is 40.3 Å². The molecule has 0 spiro atoms. The summed E-state index contributed by atoms with van der Waals surface area (Å²) in [5, 5.41) is 19.3. The van der Waals surface area contributed by atoms with Crippen LogP contribution < -0.4 is 11.1 Å². The Balaban J connectivity index is 0.00000722. The molecule has 0 aliphatic carbocycles. The second-order valence-corrected chi connectivity index (χ2v) is 8.63. The van der Waals surface area contributed by atoms with E-state index in [9.17, 15) is 24.3 Å². The quantitative estimate of drug-likeness (QED) is 0.214. The van der Waals surface area contributed by atoms with E-state index >= 15 is 0 Å². The molecule has 14 heteroatoms. The Morgan fingerprint density at radius 3 is 2.58 bits per heavy atom. The van der Waals surface area contributed by atoms with E-state index < -0.39 is 49.1 Å². The minimum absolute atomic E-state index is 0. The maximum Gasteiger partial charge on any atom is 0.408 e. The van der Waals surface area contributed by atoms with Crippen LogP contribution in [0, 0.1) is 5.41 Å². The minimum Gasteiger partial charge on any atom is -0.480 e. The molecule has 1 saturated heterocycles. The highest BCUT2D eigenvalue weighted by atomic mass is 35.5. The average molecular weight is 557 g/mol. The van der Waals surface area contributed by atoms with Gasteiger partial charge in [-0.25, -0.2) is 4.79 Å². The molecule has 13 nitrogen and oxygen atoms in total. The Labute approximate surface area is 228 Å². The van der Waals surface area contributed by atoms with Crippen molar-refractivity contribution < 1.29 is 33.8 Å². The Bertz CT molecular complexity index is 951. The standard InChI is InChI=1S/C24H36N6O7.ClH/c1-3-4-10-29(15-21(32)33)22(34)18(27-24(35)37-16-17-8-6-5-7-9-17)13-19(31)28(2)20-14-30(23(25)26)11-12-36-20;/h5-9,18,20H,3-4,10-16H2,1-2H3,(H3,25,26)(H,27,35)(H,32,33);1H/t18-,20?;/m0./s1. The Hall–Kier alpha value is -3.58. The third-order valence-corrected chi connectivity index (χ3v) is 5.82. The van der Waals surface area contributed by atoms with Gasteiger partial charge in [-0.2, -0.15) is 0 Å². The fraction of sp³-hybridized carbons (Fsp3) is 0.542. The SMILES string of the molecule is CCCCN(CC(=O)O)C(=O)[C@H](CC(=O)N(C)C1CN(C(=N)N)CCO1)NC(=O)OCc1ccccc1.Cl. The number of rotatable bonds is 12. The molecule has 0 bridgehead atoms. The van der Waals surface area contributed by atoms with Gasteiger partial charge in [-0.1, -0.05) is 43.7 Å². The topological polar surface area (TPSA) is 179 Å². The lowest BCUT2D eigenvalue weighted by Gasteiger charge is -2.38. The van der Waals surface area contributed by atoms with Crippen LogP contribution in [0.1, 0.15) is 31.7 Å². The summed E-state index contributed by atoms with van der Waals surface area (Å²) in [6.07, 6.45) is -0.818. The number of nitrogens with zero attached hydrogens (tertiary/aromatic N) is 3. The van der Waals surface area contributed by atoms with Gasteiger partial charge >= 0.3 is 12.1 Å². The number of halogens is 1. The highest BCUT2D eigenvalue weighted by molar-refractivity contribution is 5.92. The number of carbonyl (C=O) groups is 4. The maximum absolute atomic E-state index is 13.3. The Morgan fingerprint density at radius 1 is 1.29 bits per heavy atom. The molecule has 212 valence electrons. The molecule has 1 fully saturated rings. The second kappa shape index (κ2) is 16.3. The predicted molar refractivity (Wildman–Crippen MR) is 141 cm³/mol. The van der Waals surface area contributed by atoms with Crippen molar-refractivity contribution in [1.82, 2.24) is 20.0 Å². The summed E-state index contributed by atoms with van der Waals surface area (Å²) in [5.74, 6) is -2.59. The highest BCUT2D eigenvalue weighted by Crippen LogP contribution is 2.12. The first-order valence-corrected chi connectivity index (χ1v) is 12.1. The fourth-order valence-electron chi connectivity index (χ4n) is 3.67. The number of amides is 3. The van der Waals surface area contributed by atoms with Gasteiger partial charge in [0, 0.05) is 20.1 Å². The highest BCUT2D eigenvalue weighted by Gasteiger charge is 2.33. The van der Waals surface area contributed by atoms with E-state index in [4.69, 9.17) is 20.6 Å². The number of benzene rings is 1. The van der Waals surface area contributed by atoms with E-state index in [1.165, 1.54) is 11.9 Å². The number of hydrogen-bond acceptors (Lipinski definition) is 7. The number of hydrogen-bond donors (Lipinski definition) is 4. The van der Waals surface area contributed by atoms with Crippen LogP contribution in [0.2, 0.25) is 0 Å². The molecule has 1 aromatic carbocycles. The summed E-state index contributed by atoms with van der Waals surface area (Å²) in [6, 6.07) is 7.57. The number of carboxylic acid groups (broad SMARTS) is 1. The molecule has 1 aliphatic heterocycles. The van der Waals surface area contributed by atoms with Gasteiger partial charge in [0.15, 0.2) is 5.96 Å². The molecular formula is C24H37ClN6O7. The number of carbonyl (C=O) groups excluding carboxylic acids is 3. The molecule has 1 heterocycles. The largest absolute Gasteiger partial charge is 0.480 e. The normalized spacial score (nSPS) is 15.4. The molecule has 3 amide bonds. The predicted octanol–water partition coefficient (Wildman–Crippen LogP) is 0.817. The molecule has 0 saturated carbocycles. The van der Waals surface area contributed by atoms with Crippen LogP contribution >= 0.6 is 12.4 Å². The van der Waals surface area contributed by atoms with Gasteiger partial charge in [0.25, 0.3) is 0 Å². The number of nitrogens with one attached hydrogen (secondary N) is 2. The number of carboxylic acids is 1. The van der Waals surface area contributed by atoms with E-state index in [1.54, 1.807) is 29.2 Å². The third kappa shape index (κ3) is 10.4. The fourth-order valence-corrected chi connectivity index (χ4v) is 3.67. The molecule has 38 heavy (non-hydrogen) atoms. The number of ether oxygens (including phenoxy) is 2. The van der Waals surface area contributed by atoms with Crippen molar-refractivity contribution in [3.63, 3.8) is 0 Å². The number of morpholine rings is 1. The number of alkyl carbamates (subject to hydrolysis) is 1. The van der Waals surface area contributed by atoms with Crippen molar-refractivity contribution in [2.45, 2.75) is 45.1 Å². The summed E-state index contributed by atoms with van der Waals surface area (Å²) in [5.41, 5.74) is 6.29. The molecule has 2 atom stereocenters. The van der Waals surface area contributed by atoms with Crippen LogP contribution in [0.4, 0.5) is 4.79 Å². The monoisotopic (exact) mass is 556 g/mol. The van der Waals surface area contributed by atoms with Crippen molar-refractivity contribution in [3.8, 4) is 0 Å². The number of guanidine groups is 1. The summed E-state index contributed by atoms with van der Waals surface area (Å²) < 4.78 is 10.8. The molecule has 2 rings (SSSR count). The van der Waals surface area contributed by atoms with Crippen LogP contribution in [-0.2, 0) is 30.5 Å². The summed E-state index contributed by atoms with van der Waals surface area (Å²) in [7, 11) is 1.48. The Kier molecular flexibility index (Phi) is 13.9. The van der Waals surface area contributed by atoms with Gasteiger partial charge in [0.1, 0.15) is 25.4 Å². The van der Waals surface area contributed by atoms with Crippen LogP contribution in [0.15, 0.2) is 30.3 Å². The first kappa shape index (κ1) is 32.4. The van der Waals surface area contributed by atoms with Gasteiger partial charge in [0.05, 0.1) is 19.6 Å². The molecule has 0 aromatic heterocycles. The zero-order valence-corrected chi connectivity index (χ0v) is 22.4. The van der Waals surface area contributed by atoms with Crippen LogP contribution in [0.5, 0.6) is 0 Å². The lowest BCUT2D eigenvalue weighted by Crippen LogP contribution is -2.56. The first-order chi connectivity index (χ1) is 17.6.